The van der Waals surface area contributed by atoms with Gasteiger partial charge in [0.05, 0.1) is 11.7 Å². The van der Waals surface area contributed by atoms with Crippen molar-refractivity contribution in [2.24, 2.45) is 0 Å². The molecule has 1 aromatic carbocycles. The van der Waals surface area contributed by atoms with Crippen LogP contribution in [-0.4, -0.2) is 23.7 Å². The Bertz CT molecular complexity index is 393. The molecule has 17 heavy (non-hydrogen) atoms. The van der Waals surface area contributed by atoms with Crippen molar-refractivity contribution in [1.82, 2.24) is 5.32 Å². The molecule has 4 heteroatoms. The molecule has 1 atom stereocenters. The lowest BCUT2D eigenvalue weighted by molar-refractivity contribution is 0.0938. The van der Waals surface area contributed by atoms with Crippen molar-refractivity contribution in [2.75, 3.05) is 6.54 Å². The molecule has 0 aliphatic rings. The molecule has 1 rings (SSSR count). The number of hydrogen-bond donors (Lipinski definition) is 2. The summed E-state index contributed by atoms with van der Waals surface area (Å²) in [4.78, 5) is 11.7. The average Bonchev–Trinajstić information content (AvgIpc) is 2.31. The topological polar surface area (TPSA) is 49.3 Å². The summed E-state index contributed by atoms with van der Waals surface area (Å²) >= 11 is 0. The Balaban J connectivity index is 2.55. The molecule has 0 saturated heterocycles. The summed E-state index contributed by atoms with van der Waals surface area (Å²) in [7, 11) is 0. The van der Waals surface area contributed by atoms with Crippen molar-refractivity contribution in [3.63, 3.8) is 0 Å². The molecule has 1 unspecified atom stereocenters. The fourth-order valence-corrected chi connectivity index (χ4v) is 1.46. The van der Waals surface area contributed by atoms with E-state index in [0.717, 1.165) is 5.56 Å². The lowest BCUT2D eigenvalue weighted by Gasteiger charge is -2.09. The molecule has 0 aromatic heterocycles. The number of aryl methyl sites for hydroxylation is 1. The van der Waals surface area contributed by atoms with Crippen molar-refractivity contribution in [2.45, 2.75) is 32.8 Å². The highest BCUT2D eigenvalue weighted by molar-refractivity contribution is 5.94. The van der Waals surface area contributed by atoms with Gasteiger partial charge >= 0.3 is 0 Å². The zero-order chi connectivity index (χ0) is 12.8. The SMILES string of the molecule is CCC(O)CCNC(=O)c1cc(C)ccc1F. The molecule has 0 bridgehead atoms. The predicted molar refractivity (Wildman–Crippen MR) is 64.4 cm³/mol. The van der Waals surface area contributed by atoms with Crippen LogP contribution in [0, 0.1) is 12.7 Å². The van der Waals surface area contributed by atoms with E-state index >= 15 is 0 Å². The highest BCUT2D eigenvalue weighted by Gasteiger charge is 2.11. The van der Waals surface area contributed by atoms with Crippen LogP contribution in [0.1, 0.15) is 35.7 Å². The number of carbonyl (C=O) groups excluding carboxylic acids is 1. The monoisotopic (exact) mass is 239 g/mol. The van der Waals surface area contributed by atoms with Crippen LogP contribution in [0.3, 0.4) is 0 Å². The number of amides is 1. The van der Waals surface area contributed by atoms with Crippen molar-refractivity contribution >= 4 is 5.91 Å². The van der Waals surface area contributed by atoms with Crippen LogP contribution in [0.25, 0.3) is 0 Å². The van der Waals surface area contributed by atoms with Gasteiger partial charge in [0.1, 0.15) is 5.82 Å². The largest absolute Gasteiger partial charge is 0.393 e. The van der Waals surface area contributed by atoms with Crippen molar-refractivity contribution in [3.8, 4) is 0 Å². The first-order valence-corrected chi connectivity index (χ1v) is 5.77. The Hall–Kier alpha value is -1.42. The van der Waals surface area contributed by atoms with Crippen LogP contribution in [0.2, 0.25) is 0 Å². The molecule has 1 amide bonds. The summed E-state index contributed by atoms with van der Waals surface area (Å²) in [6.45, 7) is 4.02. The van der Waals surface area contributed by atoms with Gasteiger partial charge in [-0.2, -0.15) is 0 Å². The molecule has 0 aliphatic heterocycles. The number of nitrogens with one attached hydrogen (secondary N) is 1. The molecule has 0 saturated carbocycles. The number of benzene rings is 1. The van der Waals surface area contributed by atoms with Crippen molar-refractivity contribution < 1.29 is 14.3 Å². The Kier molecular flexibility index (Phi) is 5.10. The number of aliphatic hydroxyl groups is 1. The van der Waals surface area contributed by atoms with E-state index < -0.39 is 17.8 Å². The minimum Gasteiger partial charge on any atom is -0.393 e. The normalized spacial score (nSPS) is 12.2. The van der Waals surface area contributed by atoms with E-state index in [1.54, 1.807) is 13.0 Å². The fourth-order valence-electron chi connectivity index (χ4n) is 1.46. The summed E-state index contributed by atoms with van der Waals surface area (Å²) in [5.41, 5.74) is 0.890. The summed E-state index contributed by atoms with van der Waals surface area (Å²) < 4.78 is 13.4. The maximum atomic E-state index is 13.4. The van der Waals surface area contributed by atoms with Crippen molar-refractivity contribution in [1.29, 1.82) is 0 Å². The average molecular weight is 239 g/mol. The highest BCUT2D eigenvalue weighted by atomic mass is 19.1. The minimum absolute atomic E-state index is 0.0518. The van der Waals surface area contributed by atoms with Gasteiger partial charge in [-0.25, -0.2) is 4.39 Å². The third-order valence-electron chi connectivity index (χ3n) is 2.60. The first kappa shape index (κ1) is 13.6. The maximum absolute atomic E-state index is 13.4. The molecule has 3 nitrogen and oxygen atoms in total. The Labute approximate surface area is 101 Å². The van der Waals surface area contributed by atoms with Gasteiger partial charge < -0.3 is 10.4 Å². The quantitative estimate of drug-likeness (QED) is 0.826. The van der Waals surface area contributed by atoms with E-state index in [9.17, 15) is 14.3 Å². The molecule has 0 spiro atoms. The van der Waals surface area contributed by atoms with Gasteiger partial charge in [-0.3, -0.25) is 4.79 Å². The van der Waals surface area contributed by atoms with Gasteiger partial charge in [0, 0.05) is 6.54 Å². The molecular formula is C13H18FNO2. The molecular weight excluding hydrogens is 221 g/mol. The minimum atomic E-state index is -0.524. The second-order valence-electron chi connectivity index (χ2n) is 4.09. The first-order chi connectivity index (χ1) is 8.04. The number of rotatable bonds is 5. The van der Waals surface area contributed by atoms with Crippen LogP contribution in [0.15, 0.2) is 18.2 Å². The molecule has 0 fully saturated rings. The van der Waals surface area contributed by atoms with Gasteiger partial charge in [0.2, 0.25) is 0 Å². The second kappa shape index (κ2) is 6.35. The zero-order valence-electron chi connectivity index (χ0n) is 10.2. The van der Waals surface area contributed by atoms with Crippen LogP contribution < -0.4 is 5.32 Å². The fraction of sp³-hybridized carbons (Fsp3) is 0.462. The van der Waals surface area contributed by atoms with Crippen LogP contribution in [0.5, 0.6) is 0 Å². The summed E-state index contributed by atoms with van der Waals surface area (Å²) in [5.74, 6) is -0.960. The predicted octanol–water partition coefficient (Wildman–Crippen LogP) is 2.02. The zero-order valence-corrected chi connectivity index (χ0v) is 10.2. The van der Waals surface area contributed by atoms with Gasteiger partial charge in [-0.15, -0.1) is 0 Å². The van der Waals surface area contributed by atoms with Crippen molar-refractivity contribution in [3.05, 3.63) is 35.1 Å². The summed E-state index contributed by atoms with van der Waals surface area (Å²) in [5, 5.41) is 11.9. The highest BCUT2D eigenvalue weighted by Crippen LogP contribution is 2.09. The second-order valence-corrected chi connectivity index (χ2v) is 4.09. The summed E-state index contributed by atoms with van der Waals surface area (Å²) in [6, 6.07) is 4.42. The van der Waals surface area contributed by atoms with E-state index in [1.165, 1.54) is 12.1 Å². The smallest absolute Gasteiger partial charge is 0.254 e. The van der Waals surface area contributed by atoms with Gasteiger partial charge in [0.15, 0.2) is 0 Å². The maximum Gasteiger partial charge on any atom is 0.254 e. The lowest BCUT2D eigenvalue weighted by Crippen LogP contribution is -2.27. The van der Waals surface area contributed by atoms with E-state index in [1.807, 2.05) is 6.92 Å². The molecule has 0 aliphatic carbocycles. The molecule has 2 N–H and O–H groups in total. The van der Waals surface area contributed by atoms with Gasteiger partial charge in [-0.05, 0) is 31.9 Å². The summed E-state index contributed by atoms with van der Waals surface area (Å²) in [6.07, 6.45) is 0.710. The van der Waals surface area contributed by atoms with Crippen LogP contribution in [0.4, 0.5) is 4.39 Å². The number of hydrogen-bond acceptors (Lipinski definition) is 2. The van der Waals surface area contributed by atoms with E-state index in [0.29, 0.717) is 19.4 Å². The number of carbonyl (C=O) groups is 1. The Morgan fingerprint density at radius 1 is 1.53 bits per heavy atom. The molecule has 94 valence electrons. The molecule has 0 radical (unpaired) electrons. The molecule has 0 heterocycles. The lowest BCUT2D eigenvalue weighted by atomic mass is 10.1. The van der Waals surface area contributed by atoms with Crippen LogP contribution in [-0.2, 0) is 0 Å². The third kappa shape index (κ3) is 4.15. The first-order valence-electron chi connectivity index (χ1n) is 5.77. The van der Waals surface area contributed by atoms with Gasteiger partial charge in [-0.1, -0.05) is 18.6 Å². The third-order valence-corrected chi connectivity index (χ3v) is 2.60. The Morgan fingerprint density at radius 2 is 2.24 bits per heavy atom. The van der Waals surface area contributed by atoms with Crippen LogP contribution >= 0.6 is 0 Å². The molecule has 1 aromatic rings. The number of aliphatic hydroxyl groups excluding tert-OH is 1. The van der Waals surface area contributed by atoms with E-state index in [2.05, 4.69) is 5.32 Å². The van der Waals surface area contributed by atoms with E-state index in [4.69, 9.17) is 0 Å². The van der Waals surface area contributed by atoms with Gasteiger partial charge in [0.25, 0.3) is 5.91 Å². The number of halogens is 1. The van der Waals surface area contributed by atoms with E-state index in [-0.39, 0.29) is 5.56 Å². The standard InChI is InChI=1S/C13H18FNO2/c1-3-10(16)6-7-15-13(17)11-8-9(2)4-5-12(11)14/h4-5,8,10,16H,3,6-7H2,1-2H3,(H,15,17). The Morgan fingerprint density at radius 3 is 2.88 bits per heavy atom.